The van der Waals surface area contributed by atoms with Gasteiger partial charge in [0.05, 0.1) is 4.92 Å². The van der Waals surface area contributed by atoms with E-state index < -0.39 is 10.8 Å². The van der Waals surface area contributed by atoms with Gasteiger partial charge in [-0.2, -0.15) is 5.26 Å². The van der Waals surface area contributed by atoms with Crippen molar-refractivity contribution in [2.45, 2.75) is 13.5 Å². The summed E-state index contributed by atoms with van der Waals surface area (Å²) in [4.78, 5) is 23.1. The SMILES string of the molecule is Cc1ccc(Cn2cc(/C=C(\C#N)C(=O)Nc3cccc([N+](=O)[O-])c3)c3ccccc32)cc1. The van der Waals surface area contributed by atoms with E-state index in [0.717, 1.165) is 22.0 Å². The van der Waals surface area contributed by atoms with Crippen molar-refractivity contribution >= 4 is 34.3 Å². The first-order valence-corrected chi connectivity index (χ1v) is 10.3. The maximum atomic E-state index is 12.7. The topological polar surface area (TPSA) is 101 Å². The van der Waals surface area contributed by atoms with E-state index in [1.807, 2.05) is 43.5 Å². The van der Waals surface area contributed by atoms with Crippen molar-refractivity contribution in [3.05, 3.63) is 111 Å². The lowest BCUT2D eigenvalue weighted by molar-refractivity contribution is -0.384. The van der Waals surface area contributed by atoms with Crippen LogP contribution in [-0.4, -0.2) is 15.4 Å². The zero-order chi connectivity index (χ0) is 23.4. The number of nitrogens with one attached hydrogen (secondary N) is 1. The number of nitro groups is 1. The summed E-state index contributed by atoms with van der Waals surface area (Å²) in [5.41, 5.74) is 4.06. The summed E-state index contributed by atoms with van der Waals surface area (Å²) < 4.78 is 2.08. The minimum absolute atomic E-state index is 0.0975. The molecule has 0 spiro atoms. The highest BCUT2D eigenvalue weighted by Gasteiger charge is 2.14. The molecule has 33 heavy (non-hydrogen) atoms. The lowest BCUT2D eigenvalue weighted by Crippen LogP contribution is -2.13. The first kappa shape index (κ1) is 21.5. The third kappa shape index (κ3) is 4.81. The minimum Gasteiger partial charge on any atom is -0.342 e. The van der Waals surface area contributed by atoms with E-state index in [4.69, 9.17) is 0 Å². The van der Waals surface area contributed by atoms with Gasteiger partial charge in [0, 0.05) is 47.0 Å². The van der Waals surface area contributed by atoms with Gasteiger partial charge in [0.1, 0.15) is 11.6 Å². The summed E-state index contributed by atoms with van der Waals surface area (Å²) in [6.45, 7) is 2.69. The number of benzene rings is 3. The van der Waals surface area contributed by atoms with Crippen molar-refractivity contribution in [2.75, 3.05) is 5.32 Å². The summed E-state index contributed by atoms with van der Waals surface area (Å²) in [6, 6.07) is 23.6. The molecule has 4 rings (SSSR count). The van der Waals surface area contributed by atoms with Gasteiger partial charge in [0.2, 0.25) is 0 Å². The van der Waals surface area contributed by atoms with E-state index in [2.05, 4.69) is 34.1 Å². The molecular formula is C26H20N4O3. The van der Waals surface area contributed by atoms with Crippen molar-refractivity contribution in [2.24, 2.45) is 0 Å². The highest BCUT2D eigenvalue weighted by atomic mass is 16.6. The molecule has 0 atom stereocenters. The van der Waals surface area contributed by atoms with Gasteiger partial charge in [0.25, 0.3) is 11.6 Å². The lowest BCUT2D eigenvalue weighted by atomic mass is 10.1. The number of para-hydroxylation sites is 1. The molecule has 0 aliphatic rings. The van der Waals surface area contributed by atoms with Crippen molar-refractivity contribution in [3.8, 4) is 6.07 Å². The van der Waals surface area contributed by atoms with Gasteiger partial charge in [0.15, 0.2) is 0 Å². The average Bonchev–Trinajstić information content (AvgIpc) is 3.16. The number of aryl methyl sites for hydroxylation is 1. The molecular weight excluding hydrogens is 416 g/mol. The van der Waals surface area contributed by atoms with Crippen LogP contribution in [0.4, 0.5) is 11.4 Å². The molecule has 162 valence electrons. The molecule has 4 aromatic rings. The van der Waals surface area contributed by atoms with E-state index >= 15 is 0 Å². The summed E-state index contributed by atoms with van der Waals surface area (Å²) in [7, 11) is 0. The van der Waals surface area contributed by atoms with Crippen LogP contribution in [0.3, 0.4) is 0 Å². The second-order valence-corrected chi connectivity index (χ2v) is 7.65. The smallest absolute Gasteiger partial charge is 0.271 e. The van der Waals surface area contributed by atoms with Crippen LogP contribution in [0.25, 0.3) is 17.0 Å². The van der Waals surface area contributed by atoms with Gasteiger partial charge in [-0.1, -0.05) is 54.1 Å². The maximum Gasteiger partial charge on any atom is 0.271 e. The fourth-order valence-corrected chi connectivity index (χ4v) is 3.61. The third-order valence-corrected chi connectivity index (χ3v) is 5.27. The fourth-order valence-electron chi connectivity index (χ4n) is 3.61. The van der Waals surface area contributed by atoms with Gasteiger partial charge < -0.3 is 9.88 Å². The Hall–Kier alpha value is -4.70. The third-order valence-electron chi connectivity index (χ3n) is 5.27. The normalized spacial score (nSPS) is 11.2. The van der Waals surface area contributed by atoms with Gasteiger partial charge in [-0.3, -0.25) is 14.9 Å². The molecule has 0 aliphatic carbocycles. The molecule has 0 radical (unpaired) electrons. The Morgan fingerprint density at radius 2 is 1.88 bits per heavy atom. The number of nitro benzene ring substituents is 1. The van der Waals surface area contributed by atoms with Gasteiger partial charge >= 0.3 is 0 Å². The number of non-ortho nitro benzene ring substituents is 1. The van der Waals surface area contributed by atoms with Crippen LogP contribution in [0.2, 0.25) is 0 Å². The van der Waals surface area contributed by atoms with Crippen LogP contribution in [0, 0.1) is 28.4 Å². The number of aromatic nitrogens is 1. The highest BCUT2D eigenvalue weighted by molar-refractivity contribution is 6.10. The van der Waals surface area contributed by atoms with Crippen molar-refractivity contribution in [3.63, 3.8) is 0 Å². The van der Waals surface area contributed by atoms with Crippen molar-refractivity contribution in [1.82, 2.24) is 4.57 Å². The number of anilines is 1. The van der Waals surface area contributed by atoms with E-state index in [1.54, 1.807) is 6.08 Å². The van der Waals surface area contributed by atoms with Crippen LogP contribution in [-0.2, 0) is 11.3 Å². The van der Waals surface area contributed by atoms with Gasteiger partial charge in [-0.15, -0.1) is 0 Å². The molecule has 0 saturated heterocycles. The van der Waals surface area contributed by atoms with Crippen LogP contribution in [0.1, 0.15) is 16.7 Å². The molecule has 0 saturated carbocycles. The van der Waals surface area contributed by atoms with Crippen molar-refractivity contribution in [1.29, 1.82) is 5.26 Å². The lowest BCUT2D eigenvalue weighted by Gasteiger charge is -2.06. The van der Waals surface area contributed by atoms with Crippen LogP contribution < -0.4 is 5.32 Å². The maximum absolute atomic E-state index is 12.7. The molecule has 0 unspecified atom stereocenters. The Balaban J connectivity index is 1.66. The van der Waals surface area contributed by atoms with E-state index in [0.29, 0.717) is 6.54 Å². The Morgan fingerprint density at radius 1 is 1.12 bits per heavy atom. The van der Waals surface area contributed by atoms with Gasteiger partial charge in [-0.25, -0.2) is 0 Å². The molecule has 3 aromatic carbocycles. The molecule has 1 amide bonds. The van der Waals surface area contributed by atoms with E-state index in [9.17, 15) is 20.2 Å². The largest absolute Gasteiger partial charge is 0.342 e. The Bertz CT molecular complexity index is 1430. The van der Waals surface area contributed by atoms with Crippen LogP contribution >= 0.6 is 0 Å². The zero-order valence-corrected chi connectivity index (χ0v) is 17.9. The summed E-state index contributed by atoms with van der Waals surface area (Å²) >= 11 is 0. The minimum atomic E-state index is -0.631. The molecule has 1 N–H and O–H groups in total. The summed E-state index contributed by atoms with van der Waals surface area (Å²) in [5, 5.41) is 24.1. The number of amides is 1. The predicted molar refractivity (Wildman–Crippen MR) is 128 cm³/mol. The van der Waals surface area contributed by atoms with E-state index in [1.165, 1.54) is 29.8 Å². The number of hydrogen-bond acceptors (Lipinski definition) is 4. The van der Waals surface area contributed by atoms with Crippen LogP contribution in [0.15, 0.2) is 84.6 Å². The van der Waals surface area contributed by atoms with Gasteiger partial charge in [-0.05, 0) is 30.7 Å². The molecule has 0 aliphatic heterocycles. The molecule has 0 fully saturated rings. The first-order chi connectivity index (χ1) is 15.9. The molecule has 1 aromatic heterocycles. The summed E-state index contributed by atoms with van der Waals surface area (Å²) in [6.07, 6.45) is 3.46. The zero-order valence-electron chi connectivity index (χ0n) is 17.9. The number of nitrogens with zero attached hydrogens (tertiary/aromatic N) is 3. The number of rotatable bonds is 6. The number of carbonyl (C=O) groups is 1. The Kier molecular flexibility index (Phi) is 6.00. The predicted octanol–water partition coefficient (Wildman–Crippen LogP) is 5.45. The second kappa shape index (κ2) is 9.20. The Morgan fingerprint density at radius 3 is 2.61 bits per heavy atom. The standard InChI is InChI=1S/C26H20N4O3/c1-18-9-11-19(12-10-18)16-29-17-21(24-7-2-3-8-25(24)29)13-20(15-27)26(31)28-22-5-4-6-23(14-22)30(32)33/h2-14,17H,16H2,1H3,(H,28,31)/b20-13+. The quantitative estimate of drug-likeness (QED) is 0.188. The van der Waals surface area contributed by atoms with Crippen LogP contribution in [0.5, 0.6) is 0 Å². The number of carbonyl (C=O) groups excluding carboxylic acids is 1. The molecule has 7 heteroatoms. The highest BCUT2D eigenvalue weighted by Crippen LogP contribution is 2.25. The number of nitriles is 1. The molecule has 7 nitrogen and oxygen atoms in total. The Labute approximate surface area is 190 Å². The first-order valence-electron chi connectivity index (χ1n) is 10.3. The monoisotopic (exact) mass is 436 g/mol. The van der Waals surface area contributed by atoms with E-state index in [-0.39, 0.29) is 16.9 Å². The number of fused-ring (bicyclic) bond motifs is 1. The second-order valence-electron chi connectivity index (χ2n) is 7.65. The fraction of sp³-hybridized carbons (Fsp3) is 0.0769. The molecule has 0 bridgehead atoms. The molecule has 1 heterocycles. The summed E-state index contributed by atoms with van der Waals surface area (Å²) in [5.74, 6) is -0.631. The van der Waals surface area contributed by atoms with Crippen molar-refractivity contribution < 1.29 is 9.72 Å². The number of hydrogen-bond donors (Lipinski definition) is 1. The average molecular weight is 436 g/mol.